The van der Waals surface area contributed by atoms with E-state index in [1.807, 2.05) is 0 Å². The zero-order chi connectivity index (χ0) is 7.44. The van der Waals surface area contributed by atoms with Gasteiger partial charge in [-0.25, -0.2) is 4.79 Å². The number of aliphatic carboxylic acids is 1. The summed E-state index contributed by atoms with van der Waals surface area (Å²) in [6.45, 7) is 3.03. The van der Waals surface area contributed by atoms with Crippen molar-refractivity contribution in [2.45, 2.75) is 13.8 Å². The van der Waals surface area contributed by atoms with Gasteiger partial charge < -0.3 is 5.11 Å². The lowest BCUT2D eigenvalue weighted by molar-refractivity contribution is -0.132. The number of allylic oxidation sites excluding steroid dienone is 1. The van der Waals surface area contributed by atoms with Gasteiger partial charge in [0.1, 0.15) is 0 Å². The number of hydrogen-bond acceptors (Lipinski definition) is 2. The summed E-state index contributed by atoms with van der Waals surface area (Å²) in [5, 5.41) is 8.30. The fourth-order valence-electron chi connectivity index (χ4n) is 0.205. The Balaban J connectivity index is 4.47. The Morgan fingerprint density at radius 3 is 2.00 bits per heavy atom. The maximum Gasteiger partial charge on any atom is 0.332 e. The molecule has 0 saturated heterocycles. The standard InChI is InChI=1S/C5H7IO3/c1-3(5(7)8)4(2)6-9/h1-2H3,(H,7,8)/b4-3+. The van der Waals surface area contributed by atoms with Crippen LogP contribution in [-0.4, -0.2) is 11.1 Å². The molecule has 0 heterocycles. The third-order valence-corrected chi connectivity index (χ3v) is 2.42. The maximum absolute atomic E-state index is 10.2. The number of halogens is 1. The number of carboxylic acids is 1. The second-order valence-electron chi connectivity index (χ2n) is 1.54. The first kappa shape index (κ1) is 8.74. The van der Waals surface area contributed by atoms with Crippen LogP contribution in [0.1, 0.15) is 13.8 Å². The Labute approximate surface area is 63.4 Å². The van der Waals surface area contributed by atoms with Gasteiger partial charge in [0.2, 0.25) is 0 Å². The fourth-order valence-corrected chi connectivity index (χ4v) is 0.766. The summed E-state index contributed by atoms with van der Waals surface area (Å²) >= 11 is -1.28. The molecule has 0 rings (SSSR count). The van der Waals surface area contributed by atoms with Crippen molar-refractivity contribution in [3.05, 3.63) is 9.15 Å². The van der Waals surface area contributed by atoms with Crippen LogP contribution in [0.2, 0.25) is 0 Å². The van der Waals surface area contributed by atoms with Gasteiger partial charge in [-0.05, 0) is 13.8 Å². The van der Waals surface area contributed by atoms with Gasteiger partial charge >= 0.3 is 5.97 Å². The van der Waals surface area contributed by atoms with E-state index >= 15 is 0 Å². The summed E-state index contributed by atoms with van der Waals surface area (Å²) in [4.78, 5) is 10.1. The Kier molecular flexibility index (Phi) is 3.60. The van der Waals surface area contributed by atoms with Crippen LogP contribution in [0.25, 0.3) is 0 Å². The number of rotatable bonds is 2. The van der Waals surface area contributed by atoms with E-state index in [-0.39, 0.29) is 5.57 Å². The van der Waals surface area contributed by atoms with Crippen molar-refractivity contribution < 1.29 is 13.0 Å². The minimum atomic E-state index is -1.28. The van der Waals surface area contributed by atoms with Crippen LogP contribution in [0.4, 0.5) is 0 Å². The average Bonchev–Trinajstić information content (AvgIpc) is 1.84. The van der Waals surface area contributed by atoms with Gasteiger partial charge in [-0.2, -0.15) is 0 Å². The second-order valence-corrected chi connectivity index (χ2v) is 3.60. The Hall–Kier alpha value is -0.260. The zero-order valence-corrected chi connectivity index (χ0v) is 7.30. The summed E-state index contributed by atoms with van der Waals surface area (Å²) in [5.74, 6) is -0.983. The van der Waals surface area contributed by atoms with Crippen molar-refractivity contribution in [2.75, 3.05) is 0 Å². The van der Waals surface area contributed by atoms with Crippen LogP contribution in [-0.2, 0) is 7.86 Å². The first-order valence-corrected chi connectivity index (χ1v) is 4.23. The minimum absolute atomic E-state index is 0.206. The van der Waals surface area contributed by atoms with E-state index in [1.165, 1.54) is 6.92 Å². The summed E-state index contributed by atoms with van der Waals surface area (Å²) in [5.41, 5.74) is 0.206. The molecule has 0 fully saturated rings. The summed E-state index contributed by atoms with van der Waals surface area (Å²) in [6.07, 6.45) is 0. The van der Waals surface area contributed by atoms with Crippen molar-refractivity contribution in [1.82, 2.24) is 0 Å². The molecule has 0 saturated carbocycles. The molecule has 0 aliphatic rings. The van der Waals surface area contributed by atoms with Crippen LogP contribution in [0, 0.1) is 0 Å². The summed E-state index contributed by atoms with van der Waals surface area (Å²) in [7, 11) is 0. The molecule has 0 spiro atoms. The molecule has 3 nitrogen and oxygen atoms in total. The molecule has 1 N–H and O–H groups in total. The summed E-state index contributed by atoms with van der Waals surface area (Å²) < 4.78 is 10.7. The molecule has 0 aromatic heterocycles. The highest BCUT2D eigenvalue weighted by Gasteiger charge is 2.03. The normalized spacial score (nSPS) is 12.7. The highest BCUT2D eigenvalue weighted by molar-refractivity contribution is 14.2. The lowest BCUT2D eigenvalue weighted by Crippen LogP contribution is -1.96. The predicted octanol–water partition coefficient (Wildman–Crippen LogP) is 1.68. The quantitative estimate of drug-likeness (QED) is 0.592. The van der Waals surface area contributed by atoms with Gasteiger partial charge in [-0.1, -0.05) is 0 Å². The van der Waals surface area contributed by atoms with E-state index < -0.39 is 27.2 Å². The minimum Gasteiger partial charge on any atom is -0.478 e. The molecule has 0 bridgehead atoms. The van der Waals surface area contributed by atoms with Crippen molar-refractivity contribution in [3.63, 3.8) is 0 Å². The first-order valence-electron chi connectivity index (χ1n) is 2.27. The molecule has 0 radical (unpaired) electrons. The van der Waals surface area contributed by atoms with E-state index in [4.69, 9.17) is 5.11 Å². The van der Waals surface area contributed by atoms with Crippen LogP contribution in [0.5, 0.6) is 0 Å². The first-order chi connectivity index (χ1) is 4.09. The molecule has 52 valence electrons. The lowest BCUT2D eigenvalue weighted by Gasteiger charge is -1.90. The molecule has 0 atom stereocenters. The van der Waals surface area contributed by atoms with Crippen molar-refractivity contribution >= 4 is 27.2 Å². The zero-order valence-electron chi connectivity index (χ0n) is 5.14. The van der Waals surface area contributed by atoms with Gasteiger partial charge in [-0.15, -0.1) is 0 Å². The average molecular weight is 242 g/mol. The van der Waals surface area contributed by atoms with Gasteiger partial charge in [0.25, 0.3) is 0 Å². The predicted molar refractivity (Wildman–Crippen MR) is 40.7 cm³/mol. The molecule has 4 heteroatoms. The number of hydrogen-bond donors (Lipinski definition) is 1. The second kappa shape index (κ2) is 3.71. The van der Waals surface area contributed by atoms with Gasteiger partial charge in [0.15, 0.2) is 21.2 Å². The highest BCUT2D eigenvalue weighted by atomic mass is 127. The topological polar surface area (TPSA) is 54.4 Å². The molecule has 0 unspecified atom stereocenters. The van der Waals surface area contributed by atoms with Crippen molar-refractivity contribution in [1.29, 1.82) is 0 Å². The Bertz CT molecular complexity index is 171. The third-order valence-electron chi connectivity index (χ3n) is 0.953. The van der Waals surface area contributed by atoms with E-state index in [2.05, 4.69) is 0 Å². The van der Waals surface area contributed by atoms with E-state index in [0.29, 0.717) is 3.58 Å². The summed E-state index contributed by atoms with van der Waals surface area (Å²) in [6, 6.07) is 0. The number of carboxylic acid groups (broad SMARTS) is 1. The van der Waals surface area contributed by atoms with E-state index in [1.54, 1.807) is 6.92 Å². The third kappa shape index (κ3) is 2.69. The van der Waals surface area contributed by atoms with Crippen molar-refractivity contribution in [2.24, 2.45) is 0 Å². The molecule has 9 heavy (non-hydrogen) atoms. The lowest BCUT2D eigenvalue weighted by atomic mass is 10.3. The maximum atomic E-state index is 10.2. The molecule has 0 aliphatic carbocycles. The fraction of sp³-hybridized carbons (Fsp3) is 0.400. The number of carbonyl (C=O) groups is 1. The highest BCUT2D eigenvalue weighted by Crippen LogP contribution is 2.15. The molecular weight excluding hydrogens is 235 g/mol. The van der Waals surface area contributed by atoms with Gasteiger partial charge in [-0.3, -0.25) is 3.07 Å². The molecule has 0 amide bonds. The van der Waals surface area contributed by atoms with E-state index in [0.717, 1.165) is 0 Å². The van der Waals surface area contributed by atoms with Crippen LogP contribution in [0.15, 0.2) is 9.15 Å². The monoisotopic (exact) mass is 242 g/mol. The van der Waals surface area contributed by atoms with Crippen LogP contribution >= 0.6 is 21.2 Å². The smallest absolute Gasteiger partial charge is 0.332 e. The van der Waals surface area contributed by atoms with Crippen molar-refractivity contribution in [3.8, 4) is 0 Å². The van der Waals surface area contributed by atoms with Gasteiger partial charge in [0, 0.05) is 9.15 Å². The van der Waals surface area contributed by atoms with Crippen LogP contribution < -0.4 is 0 Å². The Morgan fingerprint density at radius 1 is 1.44 bits per heavy atom. The van der Waals surface area contributed by atoms with Gasteiger partial charge in [0.05, 0.1) is 0 Å². The molecule has 0 aliphatic heterocycles. The SMILES string of the molecule is C/C(I=O)=C(/C)C(=O)O. The Morgan fingerprint density at radius 2 is 1.89 bits per heavy atom. The van der Waals surface area contributed by atoms with E-state index in [9.17, 15) is 7.86 Å². The van der Waals surface area contributed by atoms with Crippen LogP contribution in [0.3, 0.4) is 0 Å². The molecule has 0 aromatic carbocycles. The molecule has 0 aromatic rings. The largest absolute Gasteiger partial charge is 0.478 e. The molecular formula is C5H7IO3.